The monoisotopic (exact) mass is 541 g/mol. The summed E-state index contributed by atoms with van der Waals surface area (Å²) in [5, 5.41) is 0.771. The van der Waals surface area contributed by atoms with Gasteiger partial charge in [-0.15, -0.1) is 35.9 Å². The summed E-state index contributed by atoms with van der Waals surface area (Å²) in [6, 6.07) is 12.7. The lowest BCUT2D eigenvalue weighted by Crippen LogP contribution is -2.43. The van der Waals surface area contributed by atoms with E-state index in [9.17, 15) is 9.18 Å². The summed E-state index contributed by atoms with van der Waals surface area (Å²) >= 11 is 4.94. The zero-order valence-corrected chi connectivity index (χ0v) is 22.3. The van der Waals surface area contributed by atoms with E-state index in [1.807, 2.05) is 11.0 Å². The molecule has 0 bridgehead atoms. The summed E-state index contributed by atoms with van der Waals surface area (Å²) < 4.78 is 19.6. The van der Waals surface area contributed by atoms with Crippen LogP contribution in [0.2, 0.25) is 0 Å². The zero-order chi connectivity index (χ0) is 23.0. The normalized spacial score (nSPS) is 14.2. The highest BCUT2D eigenvalue weighted by atomic mass is 35.5. The van der Waals surface area contributed by atoms with E-state index in [0.29, 0.717) is 13.0 Å². The Morgan fingerprint density at radius 1 is 1.18 bits per heavy atom. The molecule has 0 atom stereocenters. The number of thioether (sulfide) groups is 2. The van der Waals surface area contributed by atoms with E-state index < -0.39 is 0 Å². The molecular formula is C24H29ClFN3O2S3. The van der Waals surface area contributed by atoms with Crippen LogP contribution in [0.3, 0.4) is 0 Å². The van der Waals surface area contributed by atoms with Crippen molar-refractivity contribution in [2.75, 3.05) is 56.3 Å². The molecular weight excluding hydrogens is 513 g/mol. The molecule has 5 nitrogen and oxygen atoms in total. The fourth-order valence-corrected chi connectivity index (χ4v) is 6.02. The molecule has 184 valence electrons. The van der Waals surface area contributed by atoms with E-state index in [4.69, 9.17) is 9.72 Å². The largest absolute Gasteiger partial charge is 0.379 e. The van der Waals surface area contributed by atoms with Gasteiger partial charge >= 0.3 is 0 Å². The number of hydrogen-bond acceptors (Lipinski definition) is 7. The maximum absolute atomic E-state index is 13.3. The zero-order valence-electron chi connectivity index (χ0n) is 19.1. The molecule has 2 aromatic carbocycles. The Kier molecular flexibility index (Phi) is 10.9. The van der Waals surface area contributed by atoms with E-state index in [-0.39, 0.29) is 24.1 Å². The van der Waals surface area contributed by atoms with Crippen LogP contribution in [0, 0.1) is 5.82 Å². The summed E-state index contributed by atoms with van der Waals surface area (Å²) in [7, 11) is 0. The third kappa shape index (κ3) is 7.57. The van der Waals surface area contributed by atoms with E-state index >= 15 is 0 Å². The van der Waals surface area contributed by atoms with Crippen molar-refractivity contribution in [3.05, 3.63) is 48.3 Å². The molecule has 4 rings (SSSR count). The van der Waals surface area contributed by atoms with Gasteiger partial charge in [-0.2, -0.15) is 0 Å². The van der Waals surface area contributed by atoms with Crippen LogP contribution in [0.5, 0.6) is 0 Å². The summed E-state index contributed by atoms with van der Waals surface area (Å²) in [4.78, 5) is 24.5. The number of anilines is 1. The molecule has 1 aliphatic heterocycles. The minimum absolute atomic E-state index is 0. The number of carbonyl (C=O) groups excluding carboxylic acids is 1. The maximum atomic E-state index is 13.3. The number of nitrogens with zero attached hydrogens (tertiary/aromatic N) is 3. The number of carbonyl (C=O) groups is 1. The molecule has 1 amide bonds. The maximum Gasteiger partial charge on any atom is 0.228 e. The van der Waals surface area contributed by atoms with E-state index in [0.717, 1.165) is 65.3 Å². The van der Waals surface area contributed by atoms with Gasteiger partial charge in [0.1, 0.15) is 5.82 Å². The second-order valence-corrected chi connectivity index (χ2v) is 10.8. The quantitative estimate of drug-likeness (QED) is 0.238. The highest BCUT2D eigenvalue weighted by molar-refractivity contribution is 7.99. The number of hydrogen-bond donors (Lipinski definition) is 0. The van der Waals surface area contributed by atoms with Crippen molar-refractivity contribution in [1.82, 2.24) is 9.88 Å². The van der Waals surface area contributed by atoms with Gasteiger partial charge in [-0.25, -0.2) is 9.37 Å². The van der Waals surface area contributed by atoms with Crippen LogP contribution in [0.25, 0.3) is 10.2 Å². The molecule has 0 spiro atoms. The lowest BCUT2D eigenvalue weighted by atomic mass is 10.3. The third-order valence-electron chi connectivity index (χ3n) is 5.48. The second-order valence-electron chi connectivity index (χ2n) is 7.74. The number of aromatic nitrogens is 1. The number of amides is 1. The topological polar surface area (TPSA) is 45.7 Å². The fourth-order valence-electron chi connectivity index (χ4n) is 3.61. The number of ether oxygens (including phenoxy) is 1. The Morgan fingerprint density at radius 2 is 1.91 bits per heavy atom. The van der Waals surface area contributed by atoms with Crippen molar-refractivity contribution in [3.63, 3.8) is 0 Å². The molecule has 34 heavy (non-hydrogen) atoms. The van der Waals surface area contributed by atoms with Gasteiger partial charge in [0.25, 0.3) is 0 Å². The molecule has 1 saturated heterocycles. The van der Waals surface area contributed by atoms with Gasteiger partial charge in [0.2, 0.25) is 5.91 Å². The molecule has 0 aliphatic carbocycles. The van der Waals surface area contributed by atoms with Gasteiger partial charge in [-0.3, -0.25) is 14.6 Å². The fraction of sp³-hybridized carbons (Fsp3) is 0.417. The van der Waals surface area contributed by atoms with Gasteiger partial charge in [0.15, 0.2) is 5.13 Å². The first-order valence-corrected chi connectivity index (χ1v) is 14.1. The van der Waals surface area contributed by atoms with Gasteiger partial charge in [-0.05, 0) is 60.9 Å². The highest BCUT2D eigenvalue weighted by Crippen LogP contribution is 2.32. The molecule has 1 aliphatic rings. The standard InChI is InChI=1S/C24H28FN3O2S3.ClH/c1-31-20-8-9-21-22(17-20)33-24(26-21)28(11-10-27-12-14-30-15-13-27)23(29)3-2-16-32-19-6-4-18(25)5-7-19;/h4-9,17H,2-3,10-16H2,1H3;1H. The first-order valence-electron chi connectivity index (χ1n) is 11.1. The van der Waals surface area contributed by atoms with Gasteiger partial charge < -0.3 is 4.74 Å². The first-order chi connectivity index (χ1) is 16.1. The first kappa shape index (κ1) is 27.2. The predicted octanol–water partition coefficient (Wildman–Crippen LogP) is 5.82. The number of benzene rings is 2. The van der Waals surface area contributed by atoms with Crippen LogP contribution < -0.4 is 4.90 Å². The molecule has 0 saturated carbocycles. The minimum Gasteiger partial charge on any atom is -0.379 e. The Bertz CT molecular complexity index is 1060. The van der Waals surface area contributed by atoms with Crippen LogP contribution in [0.15, 0.2) is 52.3 Å². The molecule has 0 radical (unpaired) electrons. The van der Waals surface area contributed by atoms with Crippen molar-refractivity contribution in [2.45, 2.75) is 22.6 Å². The number of thiazole rings is 1. The lowest BCUT2D eigenvalue weighted by molar-refractivity contribution is -0.118. The Balaban J connectivity index is 0.00000324. The van der Waals surface area contributed by atoms with Crippen molar-refractivity contribution < 1.29 is 13.9 Å². The molecule has 0 unspecified atom stereocenters. The van der Waals surface area contributed by atoms with Crippen LogP contribution in [0.1, 0.15) is 12.8 Å². The summed E-state index contributed by atoms with van der Waals surface area (Å²) in [6.07, 6.45) is 3.28. The third-order valence-corrected chi connectivity index (χ3v) is 8.34. The molecule has 3 aromatic rings. The predicted molar refractivity (Wildman–Crippen MR) is 145 cm³/mol. The van der Waals surface area contributed by atoms with Gasteiger partial charge in [-0.1, -0.05) is 11.3 Å². The van der Waals surface area contributed by atoms with Gasteiger partial charge in [0, 0.05) is 42.4 Å². The number of fused-ring (bicyclic) bond motifs is 1. The smallest absolute Gasteiger partial charge is 0.228 e. The SMILES string of the molecule is CSc1ccc2nc(N(CCN3CCOCC3)C(=O)CCCSc3ccc(F)cc3)sc2c1.Cl. The number of halogens is 2. The van der Waals surface area contributed by atoms with E-state index in [2.05, 4.69) is 23.3 Å². The van der Waals surface area contributed by atoms with Crippen LogP contribution >= 0.6 is 47.3 Å². The average Bonchev–Trinajstić information content (AvgIpc) is 3.26. The molecule has 1 fully saturated rings. The Labute approximate surface area is 218 Å². The minimum atomic E-state index is -0.231. The van der Waals surface area contributed by atoms with Crippen LogP contribution in [0.4, 0.5) is 9.52 Å². The van der Waals surface area contributed by atoms with Crippen molar-refractivity contribution in [1.29, 1.82) is 0 Å². The molecule has 1 aromatic heterocycles. The average molecular weight is 542 g/mol. The van der Waals surface area contributed by atoms with Gasteiger partial charge in [0.05, 0.1) is 23.4 Å². The summed E-state index contributed by atoms with van der Waals surface area (Å²) in [5.74, 6) is 0.684. The summed E-state index contributed by atoms with van der Waals surface area (Å²) in [5.41, 5.74) is 0.934. The van der Waals surface area contributed by atoms with E-state index in [1.54, 1.807) is 47.0 Å². The van der Waals surface area contributed by atoms with Crippen molar-refractivity contribution in [2.24, 2.45) is 0 Å². The number of morpholine rings is 1. The van der Waals surface area contributed by atoms with Crippen molar-refractivity contribution in [3.8, 4) is 0 Å². The molecule has 10 heteroatoms. The second kappa shape index (κ2) is 13.7. The Hall–Kier alpha value is -1.36. The van der Waals surface area contributed by atoms with E-state index in [1.165, 1.54) is 17.0 Å². The highest BCUT2D eigenvalue weighted by Gasteiger charge is 2.21. The van der Waals surface area contributed by atoms with Crippen LogP contribution in [-0.2, 0) is 9.53 Å². The lowest BCUT2D eigenvalue weighted by Gasteiger charge is -2.29. The summed E-state index contributed by atoms with van der Waals surface area (Å²) in [6.45, 7) is 4.71. The van der Waals surface area contributed by atoms with Crippen LogP contribution in [-0.4, -0.2) is 67.2 Å². The Morgan fingerprint density at radius 3 is 2.65 bits per heavy atom. The molecule has 2 heterocycles. The van der Waals surface area contributed by atoms with Crippen molar-refractivity contribution >= 4 is 68.5 Å². The number of rotatable bonds is 10. The molecule has 0 N–H and O–H groups in total.